The van der Waals surface area contributed by atoms with E-state index in [1.807, 2.05) is 0 Å². The molecule has 0 amide bonds. The number of methoxy groups -OCH3 is 1. The zero-order chi connectivity index (χ0) is 14.3. The van der Waals surface area contributed by atoms with Gasteiger partial charge in [-0.05, 0) is 18.6 Å². The van der Waals surface area contributed by atoms with Crippen molar-refractivity contribution in [2.24, 2.45) is 11.7 Å². The molecule has 0 aromatic heterocycles. The largest absolute Gasteiger partial charge is 0.496 e. The third-order valence-electron chi connectivity index (χ3n) is 4.17. The molecule has 2 aliphatic rings. The Morgan fingerprint density at radius 2 is 2.35 bits per heavy atom. The Morgan fingerprint density at radius 1 is 1.55 bits per heavy atom. The van der Waals surface area contributed by atoms with Gasteiger partial charge in [-0.15, -0.1) is 0 Å². The van der Waals surface area contributed by atoms with Crippen molar-refractivity contribution in [2.75, 3.05) is 19.0 Å². The summed E-state index contributed by atoms with van der Waals surface area (Å²) in [7, 11) is 1.48. The summed E-state index contributed by atoms with van der Waals surface area (Å²) < 4.78 is 10.6. The van der Waals surface area contributed by atoms with Gasteiger partial charge < -0.3 is 20.5 Å². The van der Waals surface area contributed by atoms with Crippen LogP contribution in [-0.4, -0.2) is 36.8 Å². The highest BCUT2D eigenvalue weighted by atomic mass is 16.6. The molecule has 2 fully saturated rings. The summed E-state index contributed by atoms with van der Waals surface area (Å²) in [5.74, 6) is 0.819. The SMILES string of the molecule is COc1ccc(NC2C(N)C3CCOC32)c([N+](=O)[O-])c1. The molecule has 3 rings (SSSR count). The summed E-state index contributed by atoms with van der Waals surface area (Å²) in [5, 5.41) is 14.3. The van der Waals surface area contributed by atoms with Crippen molar-refractivity contribution in [1.82, 2.24) is 0 Å². The summed E-state index contributed by atoms with van der Waals surface area (Å²) in [6.07, 6.45) is 1.03. The van der Waals surface area contributed by atoms with Crippen molar-refractivity contribution in [3.63, 3.8) is 0 Å². The second kappa shape index (κ2) is 4.92. The van der Waals surface area contributed by atoms with Crippen LogP contribution in [0.4, 0.5) is 11.4 Å². The summed E-state index contributed by atoms with van der Waals surface area (Å²) >= 11 is 0. The summed E-state index contributed by atoms with van der Waals surface area (Å²) in [6, 6.07) is 4.64. The van der Waals surface area contributed by atoms with Gasteiger partial charge in [-0.25, -0.2) is 0 Å². The zero-order valence-corrected chi connectivity index (χ0v) is 11.1. The van der Waals surface area contributed by atoms with Crippen molar-refractivity contribution in [3.05, 3.63) is 28.3 Å². The van der Waals surface area contributed by atoms with E-state index in [-0.39, 0.29) is 23.9 Å². The van der Waals surface area contributed by atoms with E-state index in [4.69, 9.17) is 15.2 Å². The molecule has 1 aliphatic heterocycles. The molecule has 1 saturated heterocycles. The van der Waals surface area contributed by atoms with Crippen LogP contribution in [0.3, 0.4) is 0 Å². The lowest BCUT2D eigenvalue weighted by Crippen LogP contribution is -2.65. The minimum absolute atomic E-state index is 0.0157. The lowest BCUT2D eigenvalue weighted by molar-refractivity contribution is -0.384. The number of nitrogens with one attached hydrogen (secondary N) is 1. The van der Waals surface area contributed by atoms with Gasteiger partial charge in [0.2, 0.25) is 0 Å². The number of nitrogens with zero attached hydrogens (tertiary/aromatic N) is 1. The maximum atomic E-state index is 11.1. The Balaban J connectivity index is 1.82. The smallest absolute Gasteiger partial charge is 0.296 e. The van der Waals surface area contributed by atoms with Gasteiger partial charge in [0, 0.05) is 18.6 Å². The van der Waals surface area contributed by atoms with Crippen LogP contribution in [0.15, 0.2) is 18.2 Å². The number of benzene rings is 1. The predicted octanol–water partition coefficient (Wildman–Crippen LogP) is 1.13. The molecule has 108 valence electrons. The first-order valence-corrected chi connectivity index (χ1v) is 6.58. The van der Waals surface area contributed by atoms with Gasteiger partial charge in [-0.3, -0.25) is 10.1 Å². The molecule has 7 heteroatoms. The molecule has 0 bridgehead atoms. The standard InChI is InChI=1S/C13H17N3O4/c1-19-7-2-3-9(10(6-7)16(17)18)15-12-11(14)8-4-5-20-13(8)12/h2-3,6,8,11-13,15H,4-5,14H2,1H3. The maximum Gasteiger partial charge on any atom is 0.296 e. The van der Waals surface area contributed by atoms with E-state index in [9.17, 15) is 10.1 Å². The summed E-state index contributed by atoms with van der Waals surface area (Å²) in [4.78, 5) is 10.7. The van der Waals surface area contributed by atoms with E-state index < -0.39 is 4.92 Å². The molecule has 1 saturated carbocycles. The first-order chi connectivity index (χ1) is 9.61. The third kappa shape index (κ3) is 1.99. The van der Waals surface area contributed by atoms with Crippen LogP contribution in [0.1, 0.15) is 6.42 Å². The number of fused-ring (bicyclic) bond motifs is 1. The lowest BCUT2D eigenvalue weighted by Gasteiger charge is -2.46. The van der Waals surface area contributed by atoms with Crippen molar-refractivity contribution >= 4 is 11.4 Å². The van der Waals surface area contributed by atoms with Gasteiger partial charge in [0.05, 0.1) is 30.2 Å². The van der Waals surface area contributed by atoms with Crippen LogP contribution in [0.5, 0.6) is 5.75 Å². The summed E-state index contributed by atoms with van der Waals surface area (Å²) in [5.41, 5.74) is 6.53. The highest BCUT2D eigenvalue weighted by molar-refractivity contribution is 5.65. The van der Waals surface area contributed by atoms with Crippen LogP contribution >= 0.6 is 0 Å². The Bertz CT molecular complexity index is 536. The first-order valence-electron chi connectivity index (χ1n) is 6.58. The number of nitrogens with two attached hydrogens (primary N) is 1. The molecule has 1 heterocycles. The zero-order valence-electron chi connectivity index (χ0n) is 11.1. The van der Waals surface area contributed by atoms with Gasteiger partial charge in [-0.2, -0.15) is 0 Å². The van der Waals surface area contributed by atoms with Gasteiger partial charge >= 0.3 is 0 Å². The van der Waals surface area contributed by atoms with Gasteiger partial charge in [0.25, 0.3) is 5.69 Å². The van der Waals surface area contributed by atoms with Crippen molar-refractivity contribution in [1.29, 1.82) is 0 Å². The molecule has 4 unspecified atom stereocenters. The lowest BCUT2D eigenvalue weighted by atomic mass is 9.72. The Labute approximate surface area is 116 Å². The van der Waals surface area contributed by atoms with E-state index in [0.29, 0.717) is 24.0 Å². The number of hydrogen-bond acceptors (Lipinski definition) is 6. The van der Waals surface area contributed by atoms with Crippen molar-refractivity contribution in [3.8, 4) is 5.75 Å². The fourth-order valence-corrected chi connectivity index (χ4v) is 3.02. The van der Waals surface area contributed by atoms with Crippen LogP contribution in [0.25, 0.3) is 0 Å². The first kappa shape index (κ1) is 13.1. The molecule has 0 spiro atoms. The van der Waals surface area contributed by atoms with E-state index in [1.54, 1.807) is 12.1 Å². The Kier molecular flexibility index (Phi) is 3.23. The summed E-state index contributed by atoms with van der Waals surface area (Å²) in [6.45, 7) is 0.714. The van der Waals surface area contributed by atoms with E-state index in [1.165, 1.54) is 13.2 Å². The monoisotopic (exact) mass is 279 g/mol. The Hall–Kier alpha value is -1.86. The van der Waals surface area contributed by atoms with E-state index in [2.05, 4.69) is 5.32 Å². The third-order valence-corrected chi connectivity index (χ3v) is 4.17. The molecular formula is C13H17N3O4. The second-order valence-electron chi connectivity index (χ2n) is 5.18. The molecule has 0 radical (unpaired) electrons. The molecule has 1 aliphatic carbocycles. The molecule has 4 atom stereocenters. The number of anilines is 1. The van der Waals surface area contributed by atoms with Crippen molar-refractivity contribution < 1.29 is 14.4 Å². The van der Waals surface area contributed by atoms with Crippen LogP contribution in [-0.2, 0) is 4.74 Å². The molecule has 1 aromatic carbocycles. The highest BCUT2D eigenvalue weighted by Gasteiger charge is 2.52. The molecule has 3 N–H and O–H groups in total. The number of hydrogen-bond donors (Lipinski definition) is 2. The fourth-order valence-electron chi connectivity index (χ4n) is 3.02. The second-order valence-corrected chi connectivity index (χ2v) is 5.18. The number of nitro groups is 1. The number of nitro benzene ring substituents is 1. The van der Waals surface area contributed by atoms with E-state index in [0.717, 1.165) is 6.42 Å². The highest BCUT2D eigenvalue weighted by Crippen LogP contribution is 2.40. The van der Waals surface area contributed by atoms with Gasteiger partial charge in [-0.1, -0.05) is 0 Å². The molecule has 1 aromatic rings. The van der Waals surface area contributed by atoms with Crippen LogP contribution in [0, 0.1) is 16.0 Å². The predicted molar refractivity (Wildman–Crippen MR) is 72.9 cm³/mol. The molecule has 7 nitrogen and oxygen atoms in total. The van der Waals surface area contributed by atoms with Crippen LogP contribution in [0.2, 0.25) is 0 Å². The van der Waals surface area contributed by atoms with Crippen molar-refractivity contribution in [2.45, 2.75) is 24.6 Å². The average molecular weight is 279 g/mol. The normalized spacial score (nSPS) is 31.3. The fraction of sp³-hybridized carbons (Fsp3) is 0.538. The minimum atomic E-state index is -0.429. The average Bonchev–Trinajstić information content (AvgIpc) is 2.89. The van der Waals surface area contributed by atoms with Gasteiger partial charge in [0.1, 0.15) is 11.4 Å². The van der Waals surface area contributed by atoms with Crippen LogP contribution < -0.4 is 15.8 Å². The molecule has 20 heavy (non-hydrogen) atoms. The quantitative estimate of drug-likeness (QED) is 0.633. The van der Waals surface area contributed by atoms with Gasteiger partial charge in [0.15, 0.2) is 0 Å². The molecular weight excluding hydrogens is 262 g/mol. The number of rotatable bonds is 4. The number of ether oxygens (including phenoxy) is 2. The topological polar surface area (TPSA) is 99.7 Å². The van der Waals surface area contributed by atoms with E-state index >= 15 is 0 Å². The maximum absolute atomic E-state index is 11.1. The Morgan fingerprint density at radius 3 is 3.05 bits per heavy atom. The minimum Gasteiger partial charge on any atom is -0.496 e.